The Morgan fingerprint density at radius 2 is 1.37 bits per heavy atom. The van der Waals surface area contributed by atoms with Crippen molar-refractivity contribution in [1.29, 1.82) is 0 Å². The number of aromatic nitrogens is 3. The molecule has 5 heteroatoms. The second-order valence-corrected chi connectivity index (χ2v) is 10.8. The highest BCUT2D eigenvalue weighted by atomic mass is 16.3. The van der Waals surface area contributed by atoms with E-state index in [9.17, 15) is 9.90 Å². The SMILES string of the molecule is Cc1c2c(n3ccccc13)C(=O)C(C(O)c1nccn1C(c1ccccc1)(c1ccccc1)c1ccccc1)CC2. The number of carbonyl (C=O) groups is 1. The molecule has 0 radical (unpaired) electrons. The molecule has 2 atom stereocenters. The van der Waals surface area contributed by atoms with Crippen LogP contribution in [0.4, 0.5) is 0 Å². The zero-order chi connectivity index (χ0) is 28.0. The van der Waals surface area contributed by atoms with Gasteiger partial charge in [-0.05, 0) is 59.7 Å². The minimum atomic E-state index is -1.09. The second-order valence-electron chi connectivity index (χ2n) is 10.8. The lowest BCUT2D eigenvalue weighted by atomic mass is 9.76. The number of benzene rings is 3. The summed E-state index contributed by atoms with van der Waals surface area (Å²) in [4.78, 5) is 18.9. The Bertz CT molecular complexity index is 1740. The van der Waals surface area contributed by atoms with E-state index in [1.807, 2.05) is 89.6 Å². The predicted molar refractivity (Wildman–Crippen MR) is 160 cm³/mol. The summed E-state index contributed by atoms with van der Waals surface area (Å²) in [7, 11) is 0. The van der Waals surface area contributed by atoms with Crippen LogP contribution in [-0.4, -0.2) is 24.8 Å². The summed E-state index contributed by atoms with van der Waals surface area (Å²) in [6, 6.07) is 36.9. The van der Waals surface area contributed by atoms with Crippen LogP contribution in [0.5, 0.6) is 0 Å². The normalized spacial score (nSPS) is 16.0. The smallest absolute Gasteiger partial charge is 0.185 e. The average molecular weight is 538 g/mol. The first-order valence-electron chi connectivity index (χ1n) is 14.1. The van der Waals surface area contributed by atoms with Gasteiger partial charge in [0.05, 0.1) is 11.6 Å². The lowest BCUT2D eigenvalue weighted by molar-refractivity contribution is 0.0583. The molecule has 0 saturated heterocycles. The second kappa shape index (κ2) is 10.0. The van der Waals surface area contributed by atoms with Crippen molar-refractivity contribution < 1.29 is 9.90 Å². The van der Waals surface area contributed by atoms with Gasteiger partial charge in [-0.15, -0.1) is 0 Å². The van der Waals surface area contributed by atoms with E-state index in [1.54, 1.807) is 6.20 Å². The lowest BCUT2D eigenvalue weighted by Crippen LogP contribution is -2.40. The molecule has 202 valence electrons. The Labute approximate surface area is 239 Å². The number of rotatable bonds is 6. The number of carbonyl (C=O) groups excluding carboxylic acids is 1. The number of aliphatic hydroxyl groups excluding tert-OH is 1. The molecule has 3 heterocycles. The van der Waals surface area contributed by atoms with Crippen molar-refractivity contribution in [2.75, 3.05) is 0 Å². The number of aliphatic hydroxyl groups is 1. The third-order valence-corrected chi connectivity index (χ3v) is 8.75. The van der Waals surface area contributed by atoms with Gasteiger partial charge in [-0.25, -0.2) is 4.98 Å². The molecular formula is C36H31N3O2. The van der Waals surface area contributed by atoms with Gasteiger partial charge in [0, 0.05) is 24.1 Å². The molecule has 1 aliphatic rings. The quantitative estimate of drug-likeness (QED) is 0.239. The van der Waals surface area contributed by atoms with Gasteiger partial charge in [0.25, 0.3) is 0 Å². The fraction of sp³-hybridized carbons (Fsp3) is 0.167. The molecule has 2 unspecified atom stereocenters. The first-order valence-corrected chi connectivity index (χ1v) is 14.1. The molecule has 0 saturated carbocycles. The number of imidazole rings is 1. The summed E-state index contributed by atoms with van der Waals surface area (Å²) >= 11 is 0. The van der Waals surface area contributed by atoms with Crippen molar-refractivity contribution in [3.05, 3.63) is 167 Å². The monoisotopic (exact) mass is 537 g/mol. The van der Waals surface area contributed by atoms with Gasteiger partial charge in [-0.2, -0.15) is 0 Å². The summed E-state index contributed by atoms with van der Waals surface area (Å²) in [5.41, 5.74) is 6.24. The molecule has 0 spiro atoms. The highest BCUT2D eigenvalue weighted by molar-refractivity contribution is 6.01. The van der Waals surface area contributed by atoms with Gasteiger partial charge in [-0.3, -0.25) is 4.79 Å². The number of nitrogens with zero attached hydrogens (tertiary/aromatic N) is 3. The highest BCUT2D eigenvalue weighted by Crippen LogP contribution is 2.44. The molecule has 0 amide bonds. The van der Waals surface area contributed by atoms with E-state index in [0.717, 1.165) is 39.8 Å². The van der Waals surface area contributed by atoms with Crippen LogP contribution < -0.4 is 0 Å². The van der Waals surface area contributed by atoms with Gasteiger partial charge in [0.2, 0.25) is 0 Å². The van der Waals surface area contributed by atoms with E-state index in [4.69, 9.17) is 4.98 Å². The van der Waals surface area contributed by atoms with Crippen molar-refractivity contribution >= 4 is 11.3 Å². The summed E-state index contributed by atoms with van der Waals surface area (Å²) in [5, 5.41) is 12.1. The van der Waals surface area contributed by atoms with Gasteiger partial charge in [0.15, 0.2) is 5.78 Å². The number of pyridine rings is 1. The Morgan fingerprint density at radius 1 is 0.805 bits per heavy atom. The fourth-order valence-corrected chi connectivity index (χ4v) is 6.86. The first kappa shape index (κ1) is 25.2. The van der Waals surface area contributed by atoms with Gasteiger partial charge < -0.3 is 14.1 Å². The van der Waals surface area contributed by atoms with E-state index in [1.165, 1.54) is 0 Å². The maximum atomic E-state index is 14.1. The minimum absolute atomic E-state index is 0.0349. The number of aryl methyl sites for hydroxylation is 1. The molecule has 0 bridgehead atoms. The van der Waals surface area contributed by atoms with Crippen molar-refractivity contribution in [3.8, 4) is 0 Å². The number of fused-ring (bicyclic) bond motifs is 3. The lowest BCUT2D eigenvalue weighted by Gasteiger charge is -2.39. The Morgan fingerprint density at radius 3 is 1.95 bits per heavy atom. The molecule has 5 nitrogen and oxygen atoms in total. The molecule has 1 N–H and O–H groups in total. The average Bonchev–Trinajstić information content (AvgIpc) is 3.63. The summed E-state index contributed by atoms with van der Waals surface area (Å²) in [5.74, 6) is -0.172. The van der Waals surface area contributed by atoms with Gasteiger partial charge in [-0.1, -0.05) is 97.1 Å². The maximum absolute atomic E-state index is 14.1. The van der Waals surface area contributed by atoms with Crippen molar-refractivity contribution in [3.63, 3.8) is 0 Å². The van der Waals surface area contributed by atoms with E-state index >= 15 is 0 Å². The molecule has 6 aromatic rings. The third kappa shape index (κ3) is 3.80. The zero-order valence-corrected chi connectivity index (χ0v) is 22.9. The predicted octanol–water partition coefficient (Wildman–Crippen LogP) is 6.76. The molecule has 0 fully saturated rings. The van der Waals surface area contributed by atoms with Crippen LogP contribution in [0.2, 0.25) is 0 Å². The van der Waals surface area contributed by atoms with Crippen LogP contribution in [0, 0.1) is 12.8 Å². The van der Waals surface area contributed by atoms with Crippen molar-refractivity contribution in [1.82, 2.24) is 14.0 Å². The largest absolute Gasteiger partial charge is 0.384 e. The van der Waals surface area contributed by atoms with Crippen LogP contribution in [0.3, 0.4) is 0 Å². The topological polar surface area (TPSA) is 59.5 Å². The fourth-order valence-electron chi connectivity index (χ4n) is 6.86. The number of Topliss-reactive ketones (excluding diaryl/α,β-unsaturated/α-hetero) is 1. The number of hydrogen-bond donors (Lipinski definition) is 1. The highest BCUT2D eigenvalue weighted by Gasteiger charge is 2.44. The maximum Gasteiger partial charge on any atom is 0.185 e. The molecule has 3 aromatic carbocycles. The molecule has 1 aliphatic carbocycles. The van der Waals surface area contributed by atoms with Crippen LogP contribution in [0.1, 0.15) is 56.7 Å². The van der Waals surface area contributed by atoms with Crippen LogP contribution in [-0.2, 0) is 12.0 Å². The van der Waals surface area contributed by atoms with Crippen LogP contribution in [0.25, 0.3) is 5.52 Å². The molecule has 41 heavy (non-hydrogen) atoms. The minimum Gasteiger partial charge on any atom is -0.384 e. The van der Waals surface area contributed by atoms with Crippen molar-refractivity contribution in [2.45, 2.75) is 31.4 Å². The first-order chi connectivity index (χ1) is 20.1. The van der Waals surface area contributed by atoms with E-state index in [-0.39, 0.29) is 5.78 Å². The van der Waals surface area contributed by atoms with Crippen LogP contribution in [0.15, 0.2) is 128 Å². The molecule has 3 aromatic heterocycles. The Kier molecular flexibility index (Phi) is 6.17. The zero-order valence-electron chi connectivity index (χ0n) is 22.9. The number of hydrogen-bond acceptors (Lipinski definition) is 3. The standard InChI is InChI=1S/C36H31N3O2/c1-25-29-20-21-30(33(40)32(29)38-23-12-11-19-31(25)38)34(41)35-37-22-24-39(35)36(26-13-5-2-6-14-26,27-15-7-3-8-16-27)28-17-9-4-10-18-28/h2-19,22-24,30,34,41H,20-21H2,1H3. The molecule has 0 aliphatic heterocycles. The summed E-state index contributed by atoms with van der Waals surface area (Å²) in [6.45, 7) is 2.08. The summed E-state index contributed by atoms with van der Waals surface area (Å²) in [6.07, 6.45) is 5.82. The Balaban J connectivity index is 1.42. The number of ketones is 1. The van der Waals surface area contributed by atoms with Gasteiger partial charge >= 0.3 is 0 Å². The van der Waals surface area contributed by atoms with E-state index in [2.05, 4.69) is 47.9 Å². The molecule has 7 rings (SSSR count). The van der Waals surface area contributed by atoms with Crippen molar-refractivity contribution in [2.24, 2.45) is 5.92 Å². The molecular weight excluding hydrogens is 506 g/mol. The van der Waals surface area contributed by atoms with Crippen LogP contribution >= 0.6 is 0 Å². The van der Waals surface area contributed by atoms with Gasteiger partial charge in [0.1, 0.15) is 17.5 Å². The Hall–Kier alpha value is -4.74. The third-order valence-electron chi connectivity index (χ3n) is 8.75. The summed E-state index contributed by atoms with van der Waals surface area (Å²) < 4.78 is 4.06. The van der Waals surface area contributed by atoms with E-state index < -0.39 is 17.6 Å². The van der Waals surface area contributed by atoms with E-state index in [0.29, 0.717) is 17.9 Å².